The first-order valence-electron chi connectivity index (χ1n) is 8.13. The number of nitrogens with zero attached hydrogens (tertiary/aromatic N) is 2. The average Bonchev–Trinajstić information content (AvgIpc) is 3.03. The lowest BCUT2D eigenvalue weighted by atomic mass is 10.3. The molecular weight excluding hydrogens is 444 g/mol. The van der Waals surface area contributed by atoms with Crippen LogP contribution in [-0.2, 0) is 19.2 Å². The Kier molecular flexibility index (Phi) is 8.16. The number of aliphatic carboxylic acids is 2. The predicted octanol–water partition coefficient (Wildman–Crippen LogP) is 2.20. The van der Waals surface area contributed by atoms with Crippen LogP contribution in [0.25, 0.3) is 0 Å². The number of thiocarbonyl (C=S) groups is 2. The van der Waals surface area contributed by atoms with E-state index in [0.717, 1.165) is 23.5 Å². The van der Waals surface area contributed by atoms with Gasteiger partial charge in [0.05, 0.1) is 9.81 Å². The molecule has 150 valence electrons. The zero-order chi connectivity index (χ0) is 20.8. The third-order valence-corrected chi connectivity index (χ3v) is 6.47. The molecule has 2 aliphatic rings. The van der Waals surface area contributed by atoms with Crippen molar-refractivity contribution in [3.8, 4) is 0 Å². The molecule has 2 fully saturated rings. The molecule has 0 aromatic rings. The largest absolute Gasteiger partial charge is 0.481 e. The van der Waals surface area contributed by atoms with E-state index in [0.29, 0.717) is 31.3 Å². The lowest BCUT2D eigenvalue weighted by molar-refractivity contribution is -0.138. The molecule has 0 aromatic carbocycles. The summed E-state index contributed by atoms with van der Waals surface area (Å²) in [6, 6.07) is 0. The number of carbonyl (C=O) groups is 4. The summed E-state index contributed by atoms with van der Waals surface area (Å²) in [5, 5.41) is 17.4. The molecule has 0 aromatic heterocycles. The van der Waals surface area contributed by atoms with Crippen LogP contribution in [0.4, 0.5) is 0 Å². The van der Waals surface area contributed by atoms with E-state index in [1.54, 1.807) is 0 Å². The first-order chi connectivity index (χ1) is 13.2. The summed E-state index contributed by atoms with van der Waals surface area (Å²) in [6.45, 7) is 0.444. The van der Waals surface area contributed by atoms with Gasteiger partial charge < -0.3 is 10.2 Å². The quantitative estimate of drug-likeness (QED) is 0.392. The molecule has 0 saturated carbocycles. The normalized spacial score (nSPS) is 20.1. The van der Waals surface area contributed by atoms with E-state index >= 15 is 0 Å². The topological polar surface area (TPSA) is 115 Å². The van der Waals surface area contributed by atoms with Crippen LogP contribution in [0, 0.1) is 0 Å². The van der Waals surface area contributed by atoms with Gasteiger partial charge in [0.1, 0.15) is 8.64 Å². The third kappa shape index (κ3) is 5.87. The monoisotopic (exact) mass is 460 g/mol. The summed E-state index contributed by atoms with van der Waals surface area (Å²) in [4.78, 5) is 49.4. The fourth-order valence-electron chi connectivity index (χ4n) is 2.34. The van der Waals surface area contributed by atoms with E-state index in [-0.39, 0.29) is 37.7 Å². The molecular formula is C16H16N2O6S4. The number of carboxylic acid groups (broad SMARTS) is 2. The molecule has 2 rings (SSSR count). The van der Waals surface area contributed by atoms with Crippen LogP contribution >= 0.6 is 48.0 Å². The van der Waals surface area contributed by atoms with Crippen LogP contribution < -0.4 is 0 Å². The highest BCUT2D eigenvalue weighted by Crippen LogP contribution is 2.34. The van der Waals surface area contributed by atoms with Crippen LogP contribution in [0.2, 0.25) is 0 Å². The predicted molar refractivity (Wildman–Crippen MR) is 114 cm³/mol. The second kappa shape index (κ2) is 10.1. The Morgan fingerprint density at radius 3 is 1.50 bits per heavy atom. The van der Waals surface area contributed by atoms with E-state index in [9.17, 15) is 19.2 Å². The number of thioether (sulfide) groups is 2. The minimum atomic E-state index is -0.939. The molecule has 0 atom stereocenters. The fraction of sp³-hybridized carbons (Fsp3) is 0.375. The van der Waals surface area contributed by atoms with Crippen molar-refractivity contribution in [3.63, 3.8) is 0 Å². The Labute approximate surface area is 180 Å². The highest BCUT2D eigenvalue weighted by molar-refractivity contribution is 8.27. The van der Waals surface area contributed by atoms with Crippen LogP contribution in [0.5, 0.6) is 0 Å². The number of amides is 2. The Morgan fingerprint density at radius 2 is 1.18 bits per heavy atom. The number of hydrogen-bond donors (Lipinski definition) is 2. The first kappa shape index (κ1) is 22.5. The van der Waals surface area contributed by atoms with Crippen molar-refractivity contribution in [1.29, 1.82) is 0 Å². The van der Waals surface area contributed by atoms with Gasteiger partial charge in [-0.1, -0.05) is 48.0 Å². The molecule has 12 heteroatoms. The average molecular weight is 461 g/mol. The Balaban J connectivity index is 2.00. The highest BCUT2D eigenvalue weighted by atomic mass is 32.2. The molecule has 0 spiro atoms. The fourth-order valence-corrected chi connectivity index (χ4v) is 4.84. The van der Waals surface area contributed by atoms with Crippen LogP contribution in [-0.4, -0.2) is 65.5 Å². The van der Waals surface area contributed by atoms with Crippen molar-refractivity contribution < 1.29 is 29.4 Å². The van der Waals surface area contributed by atoms with Crippen molar-refractivity contribution >= 4 is 80.4 Å². The van der Waals surface area contributed by atoms with Gasteiger partial charge >= 0.3 is 11.9 Å². The van der Waals surface area contributed by atoms with Crippen molar-refractivity contribution in [1.82, 2.24) is 9.80 Å². The van der Waals surface area contributed by atoms with Gasteiger partial charge in [-0.05, 0) is 25.0 Å². The molecule has 0 bridgehead atoms. The molecule has 2 N–H and O–H groups in total. The number of carboxylic acids is 2. The van der Waals surface area contributed by atoms with Gasteiger partial charge in [-0.2, -0.15) is 0 Å². The second-order valence-corrected chi connectivity index (χ2v) is 9.06. The molecule has 2 saturated heterocycles. The second-order valence-electron chi connectivity index (χ2n) is 5.71. The summed E-state index contributed by atoms with van der Waals surface area (Å²) in [5.74, 6) is -2.53. The van der Waals surface area contributed by atoms with Gasteiger partial charge in [-0.25, -0.2) is 0 Å². The maximum absolute atomic E-state index is 12.4. The molecule has 0 radical (unpaired) electrons. The zero-order valence-corrected chi connectivity index (χ0v) is 17.7. The zero-order valence-electron chi connectivity index (χ0n) is 14.5. The number of rotatable bonds is 9. The smallest absolute Gasteiger partial charge is 0.303 e. The highest BCUT2D eigenvalue weighted by Gasteiger charge is 2.33. The van der Waals surface area contributed by atoms with Gasteiger partial charge in [0, 0.05) is 25.9 Å². The van der Waals surface area contributed by atoms with Crippen LogP contribution in [0.1, 0.15) is 25.7 Å². The number of hydrogen-bond acceptors (Lipinski definition) is 8. The van der Waals surface area contributed by atoms with E-state index < -0.39 is 11.9 Å². The molecule has 2 heterocycles. The Morgan fingerprint density at radius 1 is 0.821 bits per heavy atom. The molecule has 28 heavy (non-hydrogen) atoms. The van der Waals surface area contributed by atoms with Gasteiger partial charge in [0.2, 0.25) is 0 Å². The molecule has 2 aliphatic heterocycles. The van der Waals surface area contributed by atoms with Gasteiger partial charge in [0.25, 0.3) is 11.8 Å². The molecule has 2 amide bonds. The summed E-state index contributed by atoms with van der Waals surface area (Å²) < 4.78 is 0.688. The minimum Gasteiger partial charge on any atom is -0.481 e. The summed E-state index contributed by atoms with van der Waals surface area (Å²) in [5.41, 5.74) is 0. The van der Waals surface area contributed by atoms with E-state index in [1.807, 2.05) is 0 Å². The van der Waals surface area contributed by atoms with E-state index in [1.165, 1.54) is 22.0 Å². The van der Waals surface area contributed by atoms with Crippen LogP contribution in [0.15, 0.2) is 22.0 Å². The van der Waals surface area contributed by atoms with E-state index in [2.05, 4.69) is 0 Å². The van der Waals surface area contributed by atoms with Gasteiger partial charge in [-0.3, -0.25) is 29.0 Å². The van der Waals surface area contributed by atoms with Crippen molar-refractivity contribution in [3.05, 3.63) is 22.0 Å². The van der Waals surface area contributed by atoms with Crippen molar-refractivity contribution in [2.75, 3.05) is 13.1 Å². The summed E-state index contributed by atoms with van der Waals surface area (Å²) >= 11 is 12.5. The van der Waals surface area contributed by atoms with Crippen LogP contribution in [0.3, 0.4) is 0 Å². The maximum atomic E-state index is 12.4. The van der Waals surface area contributed by atoms with E-state index in [4.69, 9.17) is 34.6 Å². The Hall–Kier alpha value is -1.76. The van der Waals surface area contributed by atoms with Gasteiger partial charge in [0.15, 0.2) is 0 Å². The van der Waals surface area contributed by atoms with Crippen molar-refractivity contribution in [2.45, 2.75) is 25.7 Å². The summed E-state index contributed by atoms with van der Waals surface area (Å²) in [7, 11) is 0. The lowest BCUT2D eigenvalue weighted by Crippen LogP contribution is -2.29. The SMILES string of the molecule is O=C(O)CCCN1C(=O)/C(=C/C=C2\SC(=S)N(CCCC(=O)O)C2=O)SC1=S. The number of carbonyl (C=O) groups excluding carboxylic acids is 2. The summed E-state index contributed by atoms with van der Waals surface area (Å²) in [6.07, 6.45) is 3.48. The maximum Gasteiger partial charge on any atom is 0.303 e. The Bertz CT molecular complexity index is 741. The first-order valence-corrected chi connectivity index (χ1v) is 10.6. The third-order valence-electron chi connectivity index (χ3n) is 3.68. The standard InChI is InChI=1S/C16H16N2O6S4/c19-11(20)3-1-7-17-13(23)9(27-15(17)25)5-6-10-14(24)18(16(26)28-10)8-2-4-12(21)22/h5-6H,1-4,7-8H2,(H,19,20)(H,21,22)/b9-5-,10-6-. The number of allylic oxidation sites excluding steroid dienone is 2. The van der Waals surface area contributed by atoms with Crippen molar-refractivity contribution in [2.24, 2.45) is 0 Å². The molecule has 0 aliphatic carbocycles. The minimum absolute atomic E-state index is 0.0551. The molecule has 8 nitrogen and oxygen atoms in total. The van der Waals surface area contributed by atoms with Gasteiger partial charge in [-0.15, -0.1) is 0 Å². The molecule has 0 unspecified atom stereocenters. The lowest BCUT2D eigenvalue weighted by Gasteiger charge is -2.13.